The molecular weight excluding hydrogens is 414 g/mol. The summed E-state index contributed by atoms with van der Waals surface area (Å²) in [6.45, 7) is 10.8. The number of piperazine rings is 1. The molecule has 31 heavy (non-hydrogen) atoms. The Morgan fingerprint density at radius 3 is 2.39 bits per heavy atom. The van der Waals surface area contributed by atoms with Gasteiger partial charge < -0.3 is 14.4 Å². The average molecular weight is 450 g/mol. The van der Waals surface area contributed by atoms with Crippen LogP contribution in [0.3, 0.4) is 0 Å². The number of rotatable bonds is 9. The first-order valence-electron chi connectivity index (χ1n) is 11.3. The molecule has 0 N–H and O–H groups in total. The summed E-state index contributed by atoms with van der Waals surface area (Å²) in [5, 5.41) is 0. The molecule has 9 heteroatoms. The summed E-state index contributed by atoms with van der Waals surface area (Å²) in [7, 11) is -1.46. The summed E-state index contributed by atoms with van der Waals surface area (Å²) >= 11 is 0. The molecular formula is C22H35N5O3S. The molecule has 8 nitrogen and oxygen atoms in total. The van der Waals surface area contributed by atoms with Crippen LogP contribution >= 0.6 is 0 Å². The Balaban J connectivity index is 1.84. The number of fused-ring (bicyclic) bond motifs is 1. The lowest BCUT2D eigenvalue weighted by Gasteiger charge is -2.32. The molecule has 1 fully saturated rings. The number of aryl methyl sites for hydroxylation is 2. The number of aromatic nitrogens is 2. The minimum absolute atomic E-state index is 0.160. The van der Waals surface area contributed by atoms with Crippen LogP contribution in [0.5, 0.6) is 0 Å². The van der Waals surface area contributed by atoms with Crippen molar-refractivity contribution in [1.82, 2.24) is 23.7 Å². The van der Waals surface area contributed by atoms with Gasteiger partial charge in [-0.3, -0.25) is 4.79 Å². The maximum absolute atomic E-state index is 12.9. The molecule has 172 valence electrons. The Morgan fingerprint density at radius 1 is 1.10 bits per heavy atom. The number of benzene rings is 1. The lowest BCUT2D eigenvalue weighted by atomic mass is 10.2. The lowest BCUT2D eigenvalue weighted by molar-refractivity contribution is -0.132. The second-order valence-electron chi connectivity index (χ2n) is 8.10. The molecule has 0 atom stereocenters. The van der Waals surface area contributed by atoms with Crippen molar-refractivity contribution in [3.8, 4) is 0 Å². The van der Waals surface area contributed by atoms with Crippen molar-refractivity contribution in [3.05, 3.63) is 24.0 Å². The van der Waals surface area contributed by atoms with E-state index < -0.39 is 10.0 Å². The van der Waals surface area contributed by atoms with Gasteiger partial charge in [0.15, 0.2) is 0 Å². The van der Waals surface area contributed by atoms with Crippen LogP contribution in [-0.2, 0) is 27.8 Å². The van der Waals surface area contributed by atoms with Crippen LogP contribution in [-0.4, -0.2) is 84.3 Å². The molecule has 0 aliphatic carbocycles. The molecule has 1 aromatic heterocycles. The van der Waals surface area contributed by atoms with Gasteiger partial charge in [-0.2, -0.15) is 4.31 Å². The molecule has 1 aliphatic heterocycles. The highest BCUT2D eigenvalue weighted by molar-refractivity contribution is 7.89. The van der Waals surface area contributed by atoms with Gasteiger partial charge in [-0.15, -0.1) is 0 Å². The van der Waals surface area contributed by atoms with Gasteiger partial charge in [0.05, 0.1) is 15.9 Å². The van der Waals surface area contributed by atoms with E-state index in [2.05, 4.69) is 23.4 Å². The van der Waals surface area contributed by atoms with Crippen LogP contribution in [0.2, 0.25) is 0 Å². The predicted octanol–water partition coefficient (Wildman–Crippen LogP) is 2.18. The van der Waals surface area contributed by atoms with E-state index in [1.807, 2.05) is 24.8 Å². The average Bonchev–Trinajstić information content (AvgIpc) is 3.10. The number of likely N-dealkylation sites (N-methyl/N-ethyl adjacent to an activating group) is 1. The van der Waals surface area contributed by atoms with E-state index in [-0.39, 0.29) is 10.8 Å². The lowest BCUT2D eigenvalue weighted by Crippen LogP contribution is -2.47. The van der Waals surface area contributed by atoms with Crippen LogP contribution in [0.1, 0.15) is 39.4 Å². The number of amides is 1. The summed E-state index contributed by atoms with van der Waals surface area (Å²) in [6.07, 6.45) is 1.91. The Labute approximate surface area is 185 Å². The molecule has 2 heterocycles. The van der Waals surface area contributed by atoms with Gasteiger partial charge >= 0.3 is 0 Å². The highest BCUT2D eigenvalue weighted by Gasteiger charge is 2.24. The van der Waals surface area contributed by atoms with E-state index in [0.717, 1.165) is 50.5 Å². The zero-order valence-corrected chi connectivity index (χ0v) is 20.0. The van der Waals surface area contributed by atoms with Crippen molar-refractivity contribution in [2.45, 2.75) is 51.5 Å². The number of nitrogens with zero attached hydrogens (tertiary/aromatic N) is 5. The van der Waals surface area contributed by atoms with E-state index in [1.54, 1.807) is 12.1 Å². The van der Waals surface area contributed by atoms with Gasteiger partial charge in [-0.1, -0.05) is 20.8 Å². The van der Waals surface area contributed by atoms with Crippen LogP contribution in [0.25, 0.3) is 11.0 Å². The first-order chi connectivity index (χ1) is 14.8. The predicted molar refractivity (Wildman–Crippen MR) is 123 cm³/mol. The highest BCUT2D eigenvalue weighted by Crippen LogP contribution is 2.24. The second kappa shape index (κ2) is 10.1. The Bertz CT molecular complexity index is 1010. The highest BCUT2D eigenvalue weighted by atomic mass is 32.2. The number of hydrogen-bond donors (Lipinski definition) is 0. The van der Waals surface area contributed by atoms with Crippen molar-refractivity contribution in [1.29, 1.82) is 0 Å². The third-order valence-electron chi connectivity index (χ3n) is 6.01. The molecule has 1 amide bonds. The van der Waals surface area contributed by atoms with Gasteiger partial charge in [-0.05, 0) is 31.7 Å². The van der Waals surface area contributed by atoms with E-state index >= 15 is 0 Å². The first-order valence-corrected chi connectivity index (χ1v) is 12.7. The molecule has 1 aromatic carbocycles. The molecule has 0 spiro atoms. The quantitative estimate of drug-likeness (QED) is 0.586. The van der Waals surface area contributed by atoms with Crippen LogP contribution in [0.4, 0.5) is 0 Å². The monoisotopic (exact) mass is 449 g/mol. The van der Waals surface area contributed by atoms with Gasteiger partial charge in [-0.25, -0.2) is 13.4 Å². The van der Waals surface area contributed by atoms with Gasteiger partial charge in [0, 0.05) is 58.7 Å². The molecule has 2 aromatic rings. The second-order valence-corrected chi connectivity index (χ2v) is 10.0. The maximum atomic E-state index is 12.9. The number of carbonyl (C=O) groups excluding carboxylic acids is 1. The number of hydrogen-bond acceptors (Lipinski definition) is 5. The van der Waals surface area contributed by atoms with Crippen LogP contribution in [0.15, 0.2) is 23.1 Å². The summed E-state index contributed by atoms with van der Waals surface area (Å²) in [5.74, 6) is 1.00. The van der Waals surface area contributed by atoms with Gasteiger partial charge in [0.2, 0.25) is 15.9 Å². The van der Waals surface area contributed by atoms with Crippen molar-refractivity contribution < 1.29 is 13.2 Å². The maximum Gasteiger partial charge on any atom is 0.243 e. The Morgan fingerprint density at radius 2 is 1.77 bits per heavy atom. The third kappa shape index (κ3) is 5.10. The standard InChI is InChI=1S/C22H35N5O3S/c1-5-12-27-20-9-8-18(31(29,30)26(6-2)7-3)17-19(20)23-21(27)10-11-22(28)25-15-13-24(4)14-16-25/h8-9,17H,5-7,10-16H2,1-4H3. The van der Waals surface area contributed by atoms with E-state index in [1.165, 1.54) is 4.31 Å². The van der Waals surface area contributed by atoms with Crippen LogP contribution in [0, 0.1) is 0 Å². The zero-order chi connectivity index (χ0) is 22.6. The fraction of sp³-hybridized carbons (Fsp3) is 0.636. The van der Waals surface area contributed by atoms with Crippen molar-refractivity contribution in [2.24, 2.45) is 0 Å². The number of carbonyl (C=O) groups is 1. The Kier molecular flexibility index (Phi) is 7.72. The minimum atomic E-state index is -3.53. The normalized spacial score (nSPS) is 15.8. The topological polar surface area (TPSA) is 78.8 Å². The van der Waals surface area contributed by atoms with Crippen molar-refractivity contribution in [2.75, 3.05) is 46.3 Å². The summed E-state index contributed by atoms with van der Waals surface area (Å²) < 4.78 is 29.4. The minimum Gasteiger partial charge on any atom is -0.340 e. The number of imidazole rings is 1. The smallest absolute Gasteiger partial charge is 0.243 e. The summed E-state index contributed by atoms with van der Waals surface area (Å²) in [4.78, 5) is 21.9. The third-order valence-corrected chi connectivity index (χ3v) is 8.05. The fourth-order valence-electron chi connectivity index (χ4n) is 4.13. The first kappa shape index (κ1) is 23.7. The van der Waals surface area contributed by atoms with Crippen molar-refractivity contribution in [3.63, 3.8) is 0 Å². The summed E-state index contributed by atoms with van der Waals surface area (Å²) in [6, 6.07) is 5.18. The molecule has 1 aliphatic rings. The van der Waals surface area contributed by atoms with E-state index in [9.17, 15) is 13.2 Å². The summed E-state index contributed by atoms with van der Waals surface area (Å²) in [5.41, 5.74) is 1.59. The fourth-order valence-corrected chi connectivity index (χ4v) is 5.61. The molecule has 0 unspecified atom stereocenters. The molecule has 0 saturated carbocycles. The van der Waals surface area contributed by atoms with E-state index in [0.29, 0.717) is 31.4 Å². The largest absolute Gasteiger partial charge is 0.340 e. The van der Waals surface area contributed by atoms with Gasteiger partial charge in [0.1, 0.15) is 5.82 Å². The van der Waals surface area contributed by atoms with Crippen molar-refractivity contribution >= 4 is 27.0 Å². The molecule has 1 saturated heterocycles. The van der Waals surface area contributed by atoms with Crippen LogP contribution < -0.4 is 0 Å². The molecule has 0 bridgehead atoms. The zero-order valence-electron chi connectivity index (χ0n) is 19.2. The molecule has 0 radical (unpaired) electrons. The SMILES string of the molecule is CCCn1c(CCC(=O)N2CCN(C)CC2)nc2cc(S(=O)(=O)N(CC)CC)ccc21. The number of sulfonamides is 1. The van der Waals surface area contributed by atoms with Gasteiger partial charge in [0.25, 0.3) is 0 Å². The van der Waals surface area contributed by atoms with E-state index in [4.69, 9.17) is 4.98 Å². The Hall–Kier alpha value is -1.97. The molecule has 3 rings (SSSR count).